The lowest BCUT2D eigenvalue weighted by Crippen LogP contribution is -2.30. The second-order valence-corrected chi connectivity index (χ2v) is 14.6. The van der Waals surface area contributed by atoms with E-state index in [-0.39, 0.29) is 31.1 Å². The van der Waals surface area contributed by atoms with Gasteiger partial charge in [0.1, 0.15) is 13.2 Å². The molecule has 0 heterocycles. The summed E-state index contributed by atoms with van der Waals surface area (Å²) in [6, 6.07) is 0. The Bertz CT molecular complexity index is 1070. The van der Waals surface area contributed by atoms with Gasteiger partial charge in [-0.15, -0.1) is 0 Å². The van der Waals surface area contributed by atoms with Crippen molar-refractivity contribution in [2.45, 2.75) is 207 Å². The van der Waals surface area contributed by atoms with Gasteiger partial charge in [0.15, 0.2) is 6.10 Å². The monoisotopic (exact) mass is 767 g/mol. The van der Waals surface area contributed by atoms with E-state index in [9.17, 15) is 14.4 Å². The summed E-state index contributed by atoms with van der Waals surface area (Å²) in [5.41, 5.74) is 0. The molecule has 0 bridgehead atoms. The number of esters is 3. The first kappa shape index (κ1) is 51.9. The molecule has 0 rings (SSSR count). The van der Waals surface area contributed by atoms with Crippen LogP contribution in [0.15, 0.2) is 72.9 Å². The zero-order valence-electron chi connectivity index (χ0n) is 35.7. The van der Waals surface area contributed by atoms with Gasteiger partial charge in [-0.1, -0.05) is 164 Å². The molecule has 55 heavy (non-hydrogen) atoms. The summed E-state index contributed by atoms with van der Waals surface area (Å²) >= 11 is 0. The number of hydrogen-bond acceptors (Lipinski definition) is 6. The Labute approximate surface area is 338 Å². The van der Waals surface area contributed by atoms with E-state index in [0.717, 1.165) is 122 Å². The van der Waals surface area contributed by atoms with Gasteiger partial charge in [0.2, 0.25) is 0 Å². The van der Waals surface area contributed by atoms with Gasteiger partial charge in [0.05, 0.1) is 0 Å². The topological polar surface area (TPSA) is 78.9 Å². The minimum atomic E-state index is -0.792. The summed E-state index contributed by atoms with van der Waals surface area (Å²) in [6.07, 6.45) is 53.1. The molecule has 0 saturated carbocycles. The Balaban J connectivity index is 4.45. The summed E-state index contributed by atoms with van der Waals surface area (Å²) in [5, 5.41) is 0. The van der Waals surface area contributed by atoms with Gasteiger partial charge >= 0.3 is 17.9 Å². The average molecular weight is 767 g/mol. The third-order valence-electron chi connectivity index (χ3n) is 9.24. The average Bonchev–Trinajstić information content (AvgIpc) is 3.18. The van der Waals surface area contributed by atoms with Crippen molar-refractivity contribution < 1.29 is 28.6 Å². The molecule has 0 aromatic rings. The fraction of sp³-hybridized carbons (Fsp3) is 0.694. The van der Waals surface area contributed by atoms with Crippen molar-refractivity contribution in [3.63, 3.8) is 0 Å². The molecular weight excluding hydrogens is 685 g/mol. The van der Waals surface area contributed by atoms with E-state index in [2.05, 4.69) is 93.7 Å². The van der Waals surface area contributed by atoms with Crippen LogP contribution < -0.4 is 0 Å². The van der Waals surface area contributed by atoms with Crippen LogP contribution in [0.5, 0.6) is 0 Å². The van der Waals surface area contributed by atoms with Crippen molar-refractivity contribution in [1.29, 1.82) is 0 Å². The van der Waals surface area contributed by atoms with Crippen LogP contribution in [0.1, 0.15) is 201 Å². The largest absolute Gasteiger partial charge is 0.462 e. The van der Waals surface area contributed by atoms with Gasteiger partial charge in [0.25, 0.3) is 0 Å². The molecule has 0 N–H and O–H groups in total. The fourth-order valence-electron chi connectivity index (χ4n) is 5.88. The number of unbranched alkanes of at least 4 members (excludes halogenated alkanes) is 18. The number of carbonyl (C=O) groups excluding carboxylic acids is 3. The van der Waals surface area contributed by atoms with Gasteiger partial charge < -0.3 is 14.2 Å². The maximum absolute atomic E-state index is 12.7. The van der Waals surface area contributed by atoms with Crippen LogP contribution in [0, 0.1) is 0 Å². The highest BCUT2D eigenvalue weighted by atomic mass is 16.6. The van der Waals surface area contributed by atoms with Crippen LogP contribution in [0.4, 0.5) is 0 Å². The van der Waals surface area contributed by atoms with Crippen molar-refractivity contribution in [2.75, 3.05) is 13.2 Å². The lowest BCUT2D eigenvalue weighted by Gasteiger charge is -2.18. The SMILES string of the molecule is CC\C=C/C=C\C=C/CCCCCCCC(=O)OCC(COC(=O)CCCCCCC/C=C\CCCCC)OC(=O)CCCCCCC/C=C\C/C=C\CC. The van der Waals surface area contributed by atoms with Crippen LogP contribution in [0.2, 0.25) is 0 Å². The fourth-order valence-corrected chi connectivity index (χ4v) is 5.88. The Morgan fingerprint density at radius 1 is 0.400 bits per heavy atom. The number of rotatable bonds is 39. The molecule has 0 fully saturated rings. The molecule has 0 aromatic heterocycles. The Hall–Kier alpha value is -3.15. The Morgan fingerprint density at radius 3 is 1.31 bits per heavy atom. The molecule has 1 unspecified atom stereocenters. The molecule has 0 aliphatic heterocycles. The minimum absolute atomic E-state index is 0.0934. The number of carbonyl (C=O) groups is 3. The highest BCUT2D eigenvalue weighted by Crippen LogP contribution is 2.13. The second kappa shape index (κ2) is 43.6. The second-order valence-electron chi connectivity index (χ2n) is 14.6. The van der Waals surface area contributed by atoms with Gasteiger partial charge in [-0.05, 0) is 89.9 Å². The summed E-state index contributed by atoms with van der Waals surface area (Å²) < 4.78 is 16.7. The maximum Gasteiger partial charge on any atom is 0.306 e. The lowest BCUT2D eigenvalue weighted by atomic mass is 10.1. The van der Waals surface area contributed by atoms with Crippen LogP contribution in [-0.2, 0) is 28.6 Å². The number of hydrogen-bond donors (Lipinski definition) is 0. The summed E-state index contributed by atoms with van der Waals surface area (Å²) in [7, 11) is 0. The van der Waals surface area contributed by atoms with Crippen molar-refractivity contribution in [3.05, 3.63) is 72.9 Å². The van der Waals surface area contributed by atoms with Crippen LogP contribution >= 0.6 is 0 Å². The van der Waals surface area contributed by atoms with E-state index in [0.29, 0.717) is 19.3 Å². The van der Waals surface area contributed by atoms with Crippen LogP contribution in [0.25, 0.3) is 0 Å². The molecule has 0 amide bonds. The van der Waals surface area contributed by atoms with Gasteiger partial charge in [0, 0.05) is 19.3 Å². The highest BCUT2D eigenvalue weighted by Gasteiger charge is 2.19. The van der Waals surface area contributed by atoms with Crippen molar-refractivity contribution in [1.82, 2.24) is 0 Å². The Morgan fingerprint density at radius 2 is 0.800 bits per heavy atom. The number of ether oxygens (including phenoxy) is 3. The molecule has 0 spiro atoms. The number of allylic oxidation sites excluding steroid dienone is 12. The molecule has 0 aliphatic rings. The molecule has 6 nitrogen and oxygen atoms in total. The van der Waals surface area contributed by atoms with Gasteiger partial charge in [-0.3, -0.25) is 14.4 Å². The van der Waals surface area contributed by atoms with E-state index in [1.807, 2.05) is 0 Å². The Kier molecular flexibility index (Phi) is 41.1. The van der Waals surface area contributed by atoms with E-state index >= 15 is 0 Å². The molecule has 0 aromatic carbocycles. The predicted octanol–water partition coefficient (Wildman–Crippen LogP) is 14.3. The summed E-state index contributed by atoms with van der Waals surface area (Å²) in [6.45, 7) is 6.31. The third-order valence-corrected chi connectivity index (χ3v) is 9.24. The summed E-state index contributed by atoms with van der Waals surface area (Å²) in [4.78, 5) is 37.7. The normalized spacial score (nSPS) is 12.7. The predicted molar refractivity (Wildman–Crippen MR) is 233 cm³/mol. The molecular formula is C49H82O6. The quantitative estimate of drug-likeness (QED) is 0.0204. The molecule has 0 radical (unpaired) electrons. The first-order valence-corrected chi connectivity index (χ1v) is 22.5. The smallest absolute Gasteiger partial charge is 0.306 e. The lowest BCUT2D eigenvalue weighted by molar-refractivity contribution is -0.167. The highest BCUT2D eigenvalue weighted by molar-refractivity contribution is 5.71. The van der Waals surface area contributed by atoms with Crippen molar-refractivity contribution in [3.8, 4) is 0 Å². The zero-order chi connectivity index (χ0) is 40.1. The van der Waals surface area contributed by atoms with E-state index in [1.54, 1.807) is 0 Å². The molecule has 314 valence electrons. The third kappa shape index (κ3) is 41.8. The molecule has 1 atom stereocenters. The molecule has 0 saturated heterocycles. The van der Waals surface area contributed by atoms with Crippen LogP contribution in [0.3, 0.4) is 0 Å². The maximum atomic E-state index is 12.7. The standard InChI is InChI=1S/C49H82O6/c1-4-7-10-13-16-19-22-25-28-30-33-36-39-42-48(51)54-45-46(55-49(52)43-40-37-34-31-27-24-21-18-15-12-9-6-3)44-53-47(50)41-38-35-32-29-26-23-20-17-14-11-8-5-2/h7,9-10,12-13,16-22,46H,4-6,8,11,14-15,23-45H2,1-3H3/b10-7-,12-9-,16-13-,20-17-,21-18-,22-19-. The van der Waals surface area contributed by atoms with Crippen molar-refractivity contribution in [2.24, 2.45) is 0 Å². The first-order chi connectivity index (χ1) is 27.0. The molecule has 6 heteroatoms. The first-order valence-electron chi connectivity index (χ1n) is 22.5. The molecule has 0 aliphatic carbocycles. The van der Waals surface area contributed by atoms with Gasteiger partial charge in [-0.2, -0.15) is 0 Å². The zero-order valence-corrected chi connectivity index (χ0v) is 35.7. The van der Waals surface area contributed by atoms with Gasteiger partial charge in [-0.25, -0.2) is 0 Å². The summed E-state index contributed by atoms with van der Waals surface area (Å²) in [5.74, 6) is -0.945. The van der Waals surface area contributed by atoms with Crippen LogP contribution in [-0.4, -0.2) is 37.2 Å². The van der Waals surface area contributed by atoms with E-state index in [1.165, 1.54) is 38.5 Å². The minimum Gasteiger partial charge on any atom is -0.462 e. The van der Waals surface area contributed by atoms with E-state index < -0.39 is 6.10 Å². The van der Waals surface area contributed by atoms with E-state index in [4.69, 9.17) is 14.2 Å². The van der Waals surface area contributed by atoms with Crippen molar-refractivity contribution >= 4 is 17.9 Å².